The Kier molecular flexibility index (Phi) is 5.18. The molecular formula is C25H30O5. The van der Waals surface area contributed by atoms with Gasteiger partial charge in [-0.2, -0.15) is 0 Å². The second-order valence-electron chi connectivity index (χ2n) is 9.13. The monoisotopic (exact) mass is 410 g/mol. The van der Waals surface area contributed by atoms with Crippen LogP contribution in [0.4, 0.5) is 0 Å². The maximum atomic E-state index is 11.0. The van der Waals surface area contributed by atoms with E-state index >= 15 is 0 Å². The highest BCUT2D eigenvalue weighted by Crippen LogP contribution is 2.48. The van der Waals surface area contributed by atoms with Gasteiger partial charge in [-0.15, -0.1) is 0 Å². The molecule has 2 atom stereocenters. The van der Waals surface area contributed by atoms with Crippen molar-refractivity contribution >= 4 is 0 Å². The van der Waals surface area contributed by atoms with Crippen molar-refractivity contribution in [3.8, 4) is 23.0 Å². The Bertz CT molecular complexity index is 1000. The number of aliphatic hydroxyl groups is 1. The van der Waals surface area contributed by atoms with Gasteiger partial charge in [0.15, 0.2) is 11.5 Å². The van der Waals surface area contributed by atoms with Gasteiger partial charge in [-0.05, 0) is 70.2 Å². The number of phenolic OH excluding ortho intramolecular Hbond substituents is 2. The van der Waals surface area contributed by atoms with Gasteiger partial charge >= 0.3 is 0 Å². The molecule has 2 aliphatic rings. The van der Waals surface area contributed by atoms with Crippen molar-refractivity contribution in [2.24, 2.45) is 0 Å². The maximum Gasteiger partial charge on any atom is 0.165 e. The second kappa shape index (κ2) is 7.55. The highest BCUT2D eigenvalue weighted by molar-refractivity contribution is 5.58. The molecule has 2 aromatic rings. The first-order chi connectivity index (χ1) is 14.2. The Morgan fingerprint density at radius 2 is 1.97 bits per heavy atom. The SMILES string of the molecule is CC(C)=CCc1cc([C@H]2CCc3ccc(O)cc3O2)c2c(c1O)OC(C)(C)[C@H](O)C2. The molecule has 0 fully saturated rings. The molecule has 0 aliphatic carbocycles. The van der Waals surface area contributed by atoms with Gasteiger partial charge in [-0.3, -0.25) is 0 Å². The third kappa shape index (κ3) is 3.74. The number of aliphatic hydroxyl groups excluding tert-OH is 1. The lowest BCUT2D eigenvalue weighted by atomic mass is 9.84. The molecule has 2 aromatic carbocycles. The average Bonchev–Trinajstić information content (AvgIpc) is 2.68. The van der Waals surface area contributed by atoms with Gasteiger partial charge in [-0.1, -0.05) is 17.7 Å². The van der Waals surface area contributed by atoms with Crippen LogP contribution in [0.5, 0.6) is 23.0 Å². The van der Waals surface area contributed by atoms with E-state index in [0.29, 0.717) is 24.3 Å². The number of hydrogen-bond donors (Lipinski definition) is 3. The van der Waals surface area contributed by atoms with Crippen molar-refractivity contribution in [3.05, 3.63) is 58.2 Å². The van der Waals surface area contributed by atoms with Crippen LogP contribution in [0.2, 0.25) is 0 Å². The summed E-state index contributed by atoms with van der Waals surface area (Å²) in [5.41, 5.74) is 3.96. The van der Waals surface area contributed by atoms with E-state index in [1.54, 1.807) is 12.1 Å². The zero-order valence-corrected chi connectivity index (χ0v) is 18.0. The molecule has 2 heterocycles. The normalized spacial score (nSPS) is 21.6. The maximum absolute atomic E-state index is 11.0. The minimum absolute atomic E-state index is 0.139. The smallest absolute Gasteiger partial charge is 0.165 e. The summed E-state index contributed by atoms with van der Waals surface area (Å²) in [7, 11) is 0. The molecule has 0 radical (unpaired) electrons. The van der Waals surface area contributed by atoms with Crippen molar-refractivity contribution < 1.29 is 24.8 Å². The van der Waals surface area contributed by atoms with Crippen molar-refractivity contribution in [2.75, 3.05) is 0 Å². The summed E-state index contributed by atoms with van der Waals surface area (Å²) < 4.78 is 12.4. The zero-order chi connectivity index (χ0) is 21.6. The molecular weight excluding hydrogens is 380 g/mol. The molecule has 5 heteroatoms. The number of aryl methyl sites for hydroxylation is 1. The summed E-state index contributed by atoms with van der Waals surface area (Å²) in [4.78, 5) is 0. The van der Waals surface area contributed by atoms with E-state index in [1.165, 1.54) is 5.57 Å². The molecule has 0 saturated carbocycles. The fourth-order valence-electron chi connectivity index (χ4n) is 4.19. The predicted molar refractivity (Wildman–Crippen MR) is 115 cm³/mol. The van der Waals surface area contributed by atoms with Crippen LogP contribution < -0.4 is 9.47 Å². The topological polar surface area (TPSA) is 79.2 Å². The fourth-order valence-corrected chi connectivity index (χ4v) is 4.19. The largest absolute Gasteiger partial charge is 0.508 e. The summed E-state index contributed by atoms with van der Waals surface area (Å²) in [6.07, 6.45) is 3.72. The highest BCUT2D eigenvalue weighted by Gasteiger charge is 2.40. The molecule has 0 unspecified atom stereocenters. The molecule has 0 amide bonds. The van der Waals surface area contributed by atoms with Crippen molar-refractivity contribution in [1.82, 2.24) is 0 Å². The van der Waals surface area contributed by atoms with E-state index in [-0.39, 0.29) is 17.6 Å². The zero-order valence-electron chi connectivity index (χ0n) is 18.0. The average molecular weight is 411 g/mol. The van der Waals surface area contributed by atoms with Crippen LogP contribution >= 0.6 is 0 Å². The molecule has 30 heavy (non-hydrogen) atoms. The number of rotatable bonds is 3. The first-order valence-corrected chi connectivity index (χ1v) is 10.5. The van der Waals surface area contributed by atoms with Gasteiger partial charge in [0.25, 0.3) is 0 Å². The lowest BCUT2D eigenvalue weighted by Gasteiger charge is -2.39. The molecule has 3 N–H and O–H groups in total. The molecule has 160 valence electrons. The van der Waals surface area contributed by atoms with Crippen LogP contribution in [0.3, 0.4) is 0 Å². The number of ether oxygens (including phenoxy) is 2. The Morgan fingerprint density at radius 3 is 2.70 bits per heavy atom. The lowest BCUT2D eigenvalue weighted by Crippen LogP contribution is -2.46. The van der Waals surface area contributed by atoms with E-state index < -0.39 is 11.7 Å². The number of fused-ring (bicyclic) bond motifs is 2. The van der Waals surface area contributed by atoms with Crippen molar-refractivity contribution in [3.63, 3.8) is 0 Å². The number of allylic oxidation sites excluding steroid dienone is 2. The number of hydrogen-bond acceptors (Lipinski definition) is 5. The minimum atomic E-state index is -0.789. The molecule has 0 saturated heterocycles. The first-order valence-electron chi connectivity index (χ1n) is 10.5. The standard InChI is InChI=1S/C25H30O5/c1-14(2)5-6-16-11-18(19-13-22(27)25(3,4)30-24(19)23(16)28)20-10-8-15-7-9-17(26)12-21(15)29-20/h5,7,9,11-12,20,22,26-28H,6,8,10,13H2,1-4H3/t20-,22-/m1/s1. The fraction of sp³-hybridized carbons (Fsp3) is 0.440. The van der Waals surface area contributed by atoms with E-state index in [1.807, 2.05) is 39.8 Å². The predicted octanol–water partition coefficient (Wildman–Crippen LogP) is 4.75. The van der Waals surface area contributed by atoms with Gasteiger partial charge in [0, 0.05) is 23.6 Å². The van der Waals surface area contributed by atoms with Crippen LogP contribution in [0.1, 0.15) is 62.5 Å². The van der Waals surface area contributed by atoms with Crippen LogP contribution in [-0.2, 0) is 19.3 Å². The molecule has 0 spiro atoms. The summed E-state index contributed by atoms with van der Waals surface area (Å²) in [6.45, 7) is 7.72. The van der Waals surface area contributed by atoms with E-state index in [0.717, 1.165) is 35.1 Å². The molecule has 0 bridgehead atoms. The van der Waals surface area contributed by atoms with E-state index in [2.05, 4.69) is 6.08 Å². The lowest BCUT2D eigenvalue weighted by molar-refractivity contribution is -0.0433. The second-order valence-corrected chi connectivity index (χ2v) is 9.13. The Morgan fingerprint density at radius 1 is 1.20 bits per heavy atom. The molecule has 0 aromatic heterocycles. The minimum Gasteiger partial charge on any atom is -0.508 e. The quantitative estimate of drug-likeness (QED) is 0.637. The molecule has 5 nitrogen and oxygen atoms in total. The van der Waals surface area contributed by atoms with Gasteiger partial charge in [0.05, 0.1) is 6.10 Å². The Labute approximate surface area is 177 Å². The summed E-state index contributed by atoms with van der Waals surface area (Å²) >= 11 is 0. The summed E-state index contributed by atoms with van der Waals surface area (Å²) in [5.74, 6) is 1.44. The number of phenols is 2. The summed E-state index contributed by atoms with van der Waals surface area (Å²) in [5, 5.41) is 31.5. The Hall–Kier alpha value is -2.66. The van der Waals surface area contributed by atoms with Crippen LogP contribution in [0, 0.1) is 0 Å². The van der Waals surface area contributed by atoms with Crippen LogP contribution in [0.15, 0.2) is 35.9 Å². The Balaban J connectivity index is 1.81. The highest BCUT2D eigenvalue weighted by atomic mass is 16.5. The van der Waals surface area contributed by atoms with Gasteiger partial charge < -0.3 is 24.8 Å². The summed E-state index contributed by atoms with van der Waals surface area (Å²) in [6, 6.07) is 7.20. The molecule has 4 rings (SSSR count). The van der Waals surface area contributed by atoms with Gasteiger partial charge in [-0.25, -0.2) is 0 Å². The molecule has 2 aliphatic heterocycles. The van der Waals surface area contributed by atoms with Crippen LogP contribution in [-0.4, -0.2) is 27.0 Å². The van der Waals surface area contributed by atoms with Crippen molar-refractivity contribution in [1.29, 1.82) is 0 Å². The third-order valence-corrected chi connectivity index (χ3v) is 6.11. The van der Waals surface area contributed by atoms with E-state index in [9.17, 15) is 15.3 Å². The first kappa shape index (κ1) is 20.6. The van der Waals surface area contributed by atoms with Crippen LogP contribution in [0.25, 0.3) is 0 Å². The van der Waals surface area contributed by atoms with Crippen molar-refractivity contribution in [2.45, 2.75) is 71.2 Å². The number of aromatic hydroxyl groups is 2. The number of benzene rings is 2. The van der Waals surface area contributed by atoms with Gasteiger partial charge in [0.1, 0.15) is 23.2 Å². The third-order valence-electron chi connectivity index (χ3n) is 6.11. The van der Waals surface area contributed by atoms with E-state index in [4.69, 9.17) is 9.47 Å². The van der Waals surface area contributed by atoms with Gasteiger partial charge in [0.2, 0.25) is 0 Å².